The average molecular weight is 442 g/mol. The number of fused-ring (bicyclic) bond motifs is 3. The van der Waals surface area contributed by atoms with Gasteiger partial charge in [-0.3, -0.25) is 24.6 Å². The van der Waals surface area contributed by atoms with E-state index in [9.17, 15) is 24.0 Å². The minimum atomic E-state index is -1.62. The summed E-state index contributed by atoms with van der Waals surface area (Å²) < 4.78 is 5.28. The Bertz CT molecular complexity index is 975. The molecule has 10 heteroatoms. The maximum absolute atomic E-state index is 13.4. The predicted octanol–water partition coefficient (Wildman–Crippen LogP) is 1.30. The van der Waals surface area contributed by atoms with Gasteiger partial charge >= 0.3 is 12.0 Å². The lowest BCUT2D eigenvalue weighted by molar-refractivity contribution is -0.160. The third kappa shape index (κ3) is 3.69. The Morgan fingerprint density at radius 2 is 1.94 bits per heavy atom. The maximum atomic E-state index is 13.4. The highest BCUT2D eigenvalue weighted by molar-refractivity contribution is 6.16. The zero-order chi connectivity index (χ0) is 22.9. The van der Waals surface area contributed by atoms with Crippen LogP contribution in [0.3, 0.4) is 0 Å². The highest BCUT2D eigenvalue weighted by Gasteiger charge is 2.64. The Labute approximate surface area is 185 Å². The van der Waals surface area contributed by atoms with E-state index in [2.05, 4.69) is 10.6 Å². The van der Waals surface area contributed by atoms with Gasteiger partial charge < -0.3 is 15.0 Å². The molecule has 2 N–H and O–H groups in total. The molecule has 0 spiro atoms. The lowest BCUT2D eigenvalue weighted by atomic mass is 9.96. The van der Waals surface area contributed by atoms with Gasteiger partial charge in [-0.25, -0.2) is 9.59 Å². The third-order valence-electron chi connectivity index (χ3n) is 5.94. The summed E-state index contributed by atoms with van der Waals surface area (Å²) in [5.41, 5.74) is -0.888. The summed E-state index contributed by atoms with van der Waals surface area (Å²) in [5, 5.41) is 4.64. The molecule has 1 saturated heterocycles. The first-order valence-electron chi connectivity index (χ1n) is 10.9. The van der Waals surface area contributed by atoms with Crippen LogP contribution in [0, 0.1) is 0 Å². The minimum absolute atomic E-state index is 0.0754. The maximum Gasteiger partial charge on any atom is 0.354 e. The van der Waals surface area contributed by atoms with E-state index in [1.807, 2.05) is 6.92 Å². The number of carbonyl (C=O) groups excluding carboxylic acids is 5. The van der Waals surface area contributed by atoms with Crippen LogP contribution in [0.4, 0.5) is 10.5 Å². The van der Waals surface area contributed by atoms with Gasteiger partial charge in [0, 0.05) is 25.4 Å². The van der Waals surface area contributed by atoms with Crippen LogP contribution < -0.4 is 15.5 Å². The molecule has 1 unspecified atom stereocenters. The SMILES string of the molecule is CCCCNC(=O)NC(=O)COC(=O)C12CCC(=O)N1c1ccccc1C(=O)N2C1CC1. The first kappa shape index (κ1) is 21.8. The van der Waals surface area contributed by atoms with Crippen molar-refractivity contribution in [1.29, 1.82) is 0 Å². The smallest absolute Gasteiger partial charge is 0.354 e. The molecule has 4 rings (SSSR count). The van der Waals surface area contributed by atoms with Crippen molar-refractivity contribution in [3.05, 3.63) is 29.8 Å². The summed E-state index contributed by atoms with van der Waals surface area (Å²) in [6.45, 7) is 1.70. The van der Waals surface area contributed by atoms with Gasteiger partial charge in [-0.2, -0.15) is 0 Å². The molecule has 2 heterocycles. The third-order valence-corrected chi connectivity index (χ3v) is 5.94. The number of para-hydroxylation sites is 1. The van der Waals surface area contributed by atoms with Gasteiger partial charge in [-0.15, -0.1) is 0 Å². The van der Waals surface area contributed by atoms with Gasteiger partial charge in [-0.05, 0) is 31.4 Å². The Morgan fingerprint density at radius 3 is 2.66 bits per heavy atom. The normalized spacial score (nSPS) is 21.7. The van der Waals surface area contributed by atoms with Gasteiger partial charge in [0.05, 0.1) is 11.3 Å². The first-order chi connectivity index (χ1) is 15.4. The fraction of sp³-hybridized carbons (Fsp3) is 0.500. The van der Waals surface area contributed by atoms with Crippen LogP contribution in [0.5, 0.6) is 0 Å². The first-order valence-corrected chi connectivity index (χ1v) is 10.9. The molecule has 0 aromatic heterocycles. The topological polar surface area (TPSA) is 125 Å². The Morgan fingerprint density at radius 1 is 1.19 bits per heavy atom. The van der Waals surface area contributed by atoms with Gasteiger partial charge in [0.2, 0.25) is 11.6 Å². The molecule has 3 aliphatic rings. The molecule has 0 radical (unpaired) electrons. The minimum Gasteiger partial charge on any atom is -0.452 e. The number of ether oxygens (including phenoxy) is 1. The highest BCUT2D eigenvalue weighted by atomic mass is 16.5. The molecule has 5 amide bonds. The summed E-state index contributed by atoms with van der Waals surface area (Å²) in [5.74, 6) is -2.25. The second kappa shape index (κ2) is 8.60. The standard InChI is InChI=1S/C22H26N4O6/c1-2-3-12-23-21(31)24-17(27)13-32-20(30)22-11-10-18(28)26(22)16-7-5-4-6-15(16)19(29)25(22)14-8-9-14/h4-7,14H,2-3,8-13H2,1H3,(H2,23,24,27,31). The van der Waals surface area contributed by atoms with Crippen molar-refractivity contribution < 1.29 is 28.7 Å². The molecule has 1 atom stereocenters. The second-order valence-electron chi connectivity index (χ2n) is 8.20. The molecule has 1 aromatic carbocycles. The van der Waals surface area contributed by atoms with Crippen molar-refractivity contribution in [3.8, 4) is 0 Å². The number of hydrogen-bond acceptors (Lipinski definition) is 6. The molecule has 0 bridgehead atoms. The summed E-state index contributed by atoms with van der Waals surface area (Å²) in [6, 6.07) is 5.84. The number of carbonyl (C=O) groups is 5. The molecule has 2 fully saturated rings. The Hall–Kier alpha value is -3.43. The second-order valence-corrected chi connectivity index (χ2v) is 8.20. The molecule has 2 aliphatic heterocycles. The van der Waals surface area contributed by atoms with Crippen molar-refractivity contribution in [2.75, 3.05) is 18.1 Å². The number of hydrogen-bond donors (Lipinski definition) is 2. The van der Waals surface area contributed by atoms with E-state index in [4.69, 9.17) is 4.74 Å². The number of nitrogens with zero attached hydrogens (tertiary/aromatic N) is 2. The van der Waals surface area contributed by atoms with E-state index in [0.29, 0.717) is 17.8 Å². The molecule has 1 aromatic rings. The van der Waals surface area contributed by atoms with Crippen molar-refractivity contribution in [2.24, 2.45) is 0 Å². The molecule has 1 aliphatic carbocycles. The number of benzene rings is 1. The summed E-state index contributed by atoms with van der Waals surface area (Å²) >= 11 is 0. The zero-order valence-electron chi connectivity index (χ0n) is 17.9. The molecule has 32 heavy (non-hydrogen) atoms. The lowest BCUT2D eigenvalue weighted by Gasteiger charge is -2.48. The van der Waals surface area contributed by atoms with Crippen LogP contribution in [0.15, 0.2) is 24.3 Å². The number of urea groups is 1. The quantitative estimate of drug-likeness (QED) is 0.484. The summed E-state index contributed by atoms with van der Waals surface area (Å²) in [4.78, 5) is 66.2. The van der Waals surface area contributed by atoms with E-state index in [1.165, 1.54) is 9.80 Å². The molecule has 170 valence electrons. The van der Waals surface area contributed by atoms with Crippen LogP contribution in [0.1, 0.15) is 55.8 Å². The van der Waals surface area contributed by atoms with Gasteiger partial charge in [-0.1, -0.05) is 25.5 Å². The van der Waals surface area contributed by atoms with Crippen LogP contribution >= 0.6 is 0 Å². The summed E-state index contributed by atoms with van der Waals surface area (Å²) in [7, 11) is 0. The molecule has 10 nitrogen and oxygen atoms in total. The predicted molar refractivity (Wildman–Crippen MR) is 112 cm³/mol. The van der Waals surface area contributed by atoms with Crippen LogP contribution in [0.25, 0.3) is 0 Å². The number of amides is 5. The van der Waals surface area contributed by atoms with E-state index in [1.54, 1.807) is 24.3 Å². The fourth-order valence-corrected chi connectivity index (χ4v) is 4.34. The number of nitrogens with one attached hydrogen (secondary N) is 2. The van der Waals surface area contributed by atoms with E-state index in [0.717, 1.165) is 25.7 Å². The summed E-state index contributed by atoms with van der Waals surface area (Å²) in [6.07, 6.45) is 3.27. The van der Waals surface area contributed by atoms with Crippen molar-refractivity contribution >= 4 is 35.4 Å². The molecular formula is C22H26N4O6. The number of unbranched alkanes of at least 4 members (excludes halogenated alkanes) is 1. The van der Waals surface area contributed by atoms with Crippen molar-refractivity contribution in [1.82, 2.24) is 15.5 Å². The van der Waals surface area contributed by atoms with Gasteiger partial charge in [0.15, 0.2) is 6.61 Å². The van der Waals surface area contributed by atoms with Crippen LogP contribution in [-0.2, 0) is 19.1 Å². The lowest BCUT2D eigenvalue weighted by Crippen LogP contribution is -2.69. The van der Waals surface area contributed by atoms with E-state index >= 15 is 0 Å². The Balaban J connectivity index is 1.53. The van der Waals surface area contributed by atoms with Gasteiger partial charge in [0.1, 0.15) is 0 Å². The average Bonchev–Trinajstić information content (AvgIpc) is 3.54. The van der Waals surface area contributed by atoms with E-state index < -0.39 is 30.2 Å². The fourth-order valence-electron chi connectivity index (χ4n) is 4.34. The molecule has 1 saturated carbocycles. The molecular weight excluding hydrogens is 416 g/mol. The van der Waals surface area contributed by atoms with Crippen molar-refractivity contribution in [2.45, 2.75) is 57.2 Å². The number of esters is 1. The number of rotatable bonds is 7. The largest absolute Gasteiger partial charge is 0.452 e. The monoisotopic (exact) mass is 442 g/mol. The Kier molecular flexibility index (Phi) is 5.86. The van der Waals surface area contributed by atoms with E-state index in [-0.39, 0.29) is 30.7 Å². The highest BCUT2D eigenvalue weighted by Crippen LogP contribution is 2.49. The number of imide groups is 1. The van der Waals surface area contributed by atoms with Gasteiger partial charge in [0.25, 0.3) is 11.8 Å². The zero-order valence-corrected chi connectivity index (χ0v) is 17.9. The number of anilines is 1. The van der Waals surface area contributed by atoms with Crippen molar-refractivity contribution in [3.63, 3.8) is 0 Å². The van der Waals surface area contributed by atoms with Crippen LogP contribution in [-0.4, -0.2) is 59.5 Å². The van der Waals surface area contributed by atoms with Crippen LogP contribution in [0.2, 0.25) is 0 Å².